The summed E-state index contributed by atoms with van der Waals surface area (Å²) in [6, 6.07) is 9.79. The van der Waals surface area contributed by atoms with Crippen LogP contribution in [0.1, 0.15) is 16.2 Å². The quantitative estimate of drug-likeness (QED) is 0.640. The number of aryl methyl sites for hydroxylation is 1. The van der Waals surface area contributed by atoms with Crippen molar-refractivity contribution >= 4 is 17.2 Å². The molecule has 1 aromatic carbocycles. The van der Waals surface area contributed by atoms with Crippen LogP contribution in [0.25, 0.3) is 16.6 Å². The largest absolute Gasteiger partial charge is 0.296 e. The highest BCUT2D eigenvalue weighted by Gasteiger charge is 2.07. The van der Waals surface area contributed by atoms with Gasteiger partial charge in [0.05, 0.1) is 17.4 Å². The predicted molar refractivity (Wildman–Crippen MR) is 66.8 cm³/mol. The first kappa shape index (κ1) is 10.6. The molecule has 3 rings (SSSR count). The van der Waals surface area contributed by atoms with Crippen molar-refractivity contribution in [3.05, 3.63) is 47.9 Å². The van der Waals surface area contributed by atoms with Crippen molar-refractivity contribution in [2.24, 2.45) is 0 Å². The molecule has 0 atom stereocenters. The van der Waals surface area contributed by atoms with Gasteiger partial charge >= 0.3 is 0 Å². The standard InChI is InChI=1S/C13H10N4O/c1-9-5-6-10-3-2-4-12(13(10)14-9)17-7-11(8-18)15-16-17/h2-8H,1H3. The molecule has 5 heteroatoms. The molecule has 0 aliphatic carbocycles. The number of hydrogen-bond donors (Lipinski definition) is 0. The Bertz CT molecular complexity index is 733. The summed E-state index contributed by atoms with van der Waals surface area (Å²) >= 11 is 0. The zero-order chi connectivity index (χ0) is 12.5. The van der Waals surface area contributed by atoms with E-state index in [-0.39, 0.29) is 0 Å². The molecule has 2 heterocycles. The van der Waals surface area contributed by atoms with E-state index in [1.54, 1.807) is 10.9 Å². The molecular weight excluding hydrogens is 228 g/mol. The lowest BCUT2D eigenvalue weighted by molar-refractivity contribution is 0.111. The number of aromatic nitrogens is 4. The van der Waals surface area contributed by atoms with Crippen LogP contribution in [-0.2, 0) is 0 Å². The van der Waals surface area contributed by atoms with E-state index >= 15 is 0 Å². The fourth-order valence-corrected chi connectivity index (χ4v) is 1.86. The molecule has 0 bridgehead atoms. The molecule has 0 saturated carbocycles. The maximum atomic E-state index is 10.6. The SMILES string of the molecule is Cc1ccc2cccc(-n3cc(C=O)nn3)c2n1. The minimum Gasteiger partial charge on any atom is -0.296 e. The Hall–Kier alpha value is -2.56. The molecule has 0 unspecified atom stereocenters. The third kappa shape index (κ3) is 1.66. The molecule has 5 nitrogen and oxygen atoms in total. The lowest BCUT2D eigenvalue weighted by Crippen LogP contribution is -1.98. The molecular formula is C13H10N4O. The molecule has 0 fully saturated rings. The van der Waals surface area contributed by atoms with Crippen molar-refractivity contribution < 1.29 is 4.79 Å². The Morgan fingerprint density at radius 2 is 2.11 bits per heavy atom. The third-order valence-electron chi connectivity index (χ3n) is 2.72. The van der Waals surface area contributed by atoms with Gasteiger partial charge in [0.1, 0.15) is 5.69 Å². The van der Waals surface area contributed by atoms with Crippen LogP contribution in [-0.4, -0.2) is 26.3 Å². The number of hydrogen-bond acceptors (Lipinski definition) is 4. The summed E-state index contributed by atoms with van der Waals surface area (Å²) in [7, 11) is 0. The zero-order valence-corrected chi connectivity index (χ0v) is 9.74. The van der Waals surface area contributed by atoms with E-state index in [1.807, 2.05) is 37.3 Å². The van der Waals surface area contributed by atoms with Crippen LogP contribution in [0.3, 0.4) is 0 Å². The number of nitrogens with zero attached hydrogens (tertiary/aromatic N) is 4. The molecule has 0 N–H and O–H groups in total. The third-order valence-corrected chi connectivity index (χ3v) is 2.72. The summed E-state index contributed by atoms with van der Waals surface area (Å²) in [5.74, 6) is 0. The van der Waals surface area contributed by atoms with E-state index < -0.39 is 0 Å². The highest BCUT2D eigenvalue weighted by molar-refractivity contribution is 5.86. The summed E-state index contributed by atoms with van der Waals surface area (Å²) < 4.78 is 1.57. The number of pyridine rings is 1. The van der Waals surface area contributed by atoms with Gasteiger partial charge in [-0.25, -0.2) is 4.68 Å². The summed E-state index contributed by atoms with van der Waals surface area (Å²) in [4.78, 5) is 15.1. The number of rotatable bonds is 2. The number of fused-ring (bicyclic) bond motifs is 1. The van der Waals surface area contributed by atoms with Crippen molar-refractivity contribution in [2.45, 2.75) is 6.92 Å². The lowest BCUT2D eigenvalue weighted by Gasteiger charge is -2.05. The highest BCUT2D eigenvalue weighted by atomic mass is 16.1. The molecule has 18 heavy (non-hydrogen) atoms. The fourth-order valence-electron chi connectivity index (χ4n) is 1.86. The van der Waals surface area contributed by atoms with Crippen molar-refractivity contribution in [2.75, 3.05) is 0 Å². The van der Waals surface area contributed by atoms with Crippen LogP contribution in [0.5, 0.6) is 0 Å². The normalized spacial score (nSPS) is 10.7. The Morgan fingerprint density at radius 1 is 1.22 bits per heavy atom. The highest BCUT2D eigenvalue weighted by Crippen LogP contribution is 2.20. The molecule has 0 radical (unpaired) electrons. The smallest absolute Gasteiger partial charge is 0.171 e. The van der Waals surface area contributed by atoms with Crippen LogP contribution in [0, 0.1) is 6.92 Å². The van der Waals surface area contributed by atoms with Crippen LogP contribution in [0.15, 0.2) is 36.5 Å². The predicted octanol–water partition coefficient (Wildman–Crippen LogP) is 1.94. The molecule has 0 spiro atoms. The van der Waals surface area contributed by atoms with Crippen LogP contribution in [0.2, 0.25) is 0 Å². The van der Waals surface area contributed by atoms with E-state index in [2.05, 4.69) is 15.3 Å². The van der Waals surface area contributed by atoms with Gasteiger partial charge in [0, 0.05) is 11.1 Å². The van der Waals surface area contributed by atoms with Crippen molar-refractivity contribution in [3.8, 4) is 5.69 Å². The second kappa shape index (κ2) is 4.03. The molecule has 0 amide bonds. The fraction of sp³-hybridized carbons (Fsp3) is 0.0769. The van der Waals surface area contributed by atoms with Gasteiger partial charge in [-0.05, 0) is 19.1 Å². The Balaban J connectivity index is 2.27. The summed E-state index contributed by atoms with van der Waals surface area (Å²) in [6.45, 7) is 1.94. The number of para-hydroxylation sites is 1. The van der Waals surface area contributed by atoms with Crippen molar-refractivity contribution in [1.29, 1.82) is 0 Å². The molecule has 3 aromatic rings. The van der Waals surface area contributed by atoms with Gasteiger partial charge in [-0.1, -0.05) is 23.4 Å². The Morgan fingerprint density at radius 3 is 2.89 bits per heavy atom. The van der Waals surface area contributed by atoms with Crippen molar-refractivity contribution in [1.82, 2.24) is 20.0 Å². The number of carbonyl (C=O) groups is 1. The average Bonchev–Trinajstić information content (AvgIpc) is 2.86. The summed E-state index contributed by atoms with van der Waals surface area (Å²) in [5.41, 5.74) is 2.90. The number of carbonyl (C=O) groups excluding carboxylic acids is 1. The summed E-state index contributed by atoms with van der Waals surface area (Å²) in [5, 5.41) is 8.72. The Labute approximate surface area is 103 Å². The second-order valence-corrected chi connectivity index (χ2v) is 4.01. The average molecular weight is 238 g/mol. The molecule has 88 valence electrons. The maximum absolute atomic E-state index is 10.6. The minimum atomic E-state index is 0.305. The maximum Gasteiger partial charge on any atom is 0.171 e. The van der Waals surface area contributed by atoms with Gasteiger partial charge < -0.3 is 0 Å². The second-order valence-electron chi connectivity index (χ2n) is 4.01. The number of aldehydes is 1. The first-order chi connectivity index (χ1) is 8.78. The first-order valence-corrected chi connectivity index (χ1v) is 5.52. The van der Waals surface area contributed by atoms with E-state index in [4.69, 9.17) is 0 Å². The van der Waals surface area contributed by atoms with Gasteiger partial charge in [0.15, 0.2) is 6.29 Å². The van der Waals surface area contributed by atoms with Gasteiger partial charge in [0.2, 0.25) is 0 Å². The monoisotopic (exact) mass is 238 g/mol. The van der Waals surface area contributed by atoms with Crippen LogP contribution < -0.4 is 0 Å². The molecule has 0 aliphatic heterocycles. The topological polar surface area (TPSA) is 60.7 Å². The first-order valence-electron chi connectivity index (χ1n) is 5.52. The minimum absolute atomic E-state index is 0.305. The van der Waals surface area contributed by atoms with E-state index in [0.717, 1.165) is 22.3 Å². The lowest BCUT2D eigenvalue weighted by atomic mass is 10.2. The molecule has 0 saturated heterocycles. The molecule has 0 aliphatic rings. The van der Waals surface area contributed by atoms with E-state index in [9.17, 15) is 4.79 Å². The van der Waals surface area contributed by atoms with E-state index in [1.165, 1.54) is 0 Å². The Kier molecular flexibility index (Phi) is 2.37. The van der Waals surface area contributed by atoms with Crippen LogP contribution in [0.4, 0.5) is 0 Å². The van der Waals surface area contributed by atoms with E-state index in [0.29, 0.717) is 12.0 Å². The van der Waals surface area contributed by atoms with Gasteiger partial charge in [-0.3, -0.25) is 9.78 Å². The van der Waals surface area contributed by atoms with Crippen molar-refractivity contribution in [3.63, 3.8) is 0 Å². The van der Waals surface area contributed by atoms with Crippen LogP contribution >= 0.6 is 0 Å². The number of benzene rings is 1. The molecule has 2 aromatic heterocycles. The summed E-state index contributed by atoms with van der Waals surface area (Å²) in [6.07, 6.45) is 2.26. The zero-order valence-electron chi connectivity index (χ0n) is 9.74. The van der Waals surface area contributed by atoms with Gasteiger partial charge in [-0.2, -0.15) is 0 Å². The van der Waals surface area contributed by atoms with Gasteiger partial charge in [0.25, 0.3) is 0 Å². The van der Waals surface area contributed by atoms with Gasteiger partial charge in [-0.15, -0.1) is 5.10 Å².